The lowest BCUT2D eigenvalue weighted by atomic mass is 10.1. The molecule has 1 heterocycles. The van der Waals surface area contributed by atoms with Crippen LogP contribution in [0.15, 0.2) is 47.4 Å². The zero-order valence-electron chi connectivity index (χ0n) is 16.4. The van der Waals surface area contributed by atoms with Gasteiger partial charge in [0, 0.05) is 11.6 Å². The van der Waals surface area contributed by atoms with Gasteiger partial charge in [-0.15, -0.1) is 0 Å². The van der Waals surface area contributed by atoms with E-state index in [0.717, 1.165) is 16.7 Å². The van der Waals surface area contributed by atoms with E-state index in [2.05, 4.69) is 0 Å². The van der Waals surface area contributed by atoms with E-state index < -0.39 is 16.1 Å². The Morgan fingerprint density at radius 1 is 1.19 bits per heavy atom. The molecule has 0 aromatic heterocycles. The summed E-state index contributed by atoms with van der Waals surface area (Å²) in [5.74, 6) is 0.270. The molecule has 0 bridgehead atoms. The number of imide groups is 1. The van der Waals surface area contributed by atoms with Crippen molar-refractivity contribution in [2.24, 2.45) is 0 Å². The zero-order chi connectivity index (χ0) is 22.4. The Hall–Kier alpha value is -3.84. The summed E-state index contributed by atoms with van der Waals surface area (Å²) in [6, 6.07) is 12.8. The second-order valence-corrected chi connectivity index (χ2v) is 7.23. The van der Waals surface area contributed by atoms with Crippen molar-refractivity contribution in [3.05, 3.63) is 68.6 Å². The van der Waals surface area contributed by atoms with Crippen LogP contribution in [0.4, 0.5) is 10.5 Å². The van der Waals surface area contributed by atoms with Gasteiger partial charge in [0.2, 0.25) is 0 Å². The predicted molar refractivity (Wildman–Crippen MR) is 113 cm³/mol. The van der Waals surface area contributed by atoms with Crippen LogP contribution in [-0.2, 0) is 11.3 Å². The Balaban J connectivity index is 1.84. The first-order valence-corrected chi connectivity index (χ1v) is 10.0. The number of carbonyl (C=O) groups is 2. The highest BCUT2D eigenvalue weighted by atomic mass is 32.2. The number of carbonyl (C=O) groups excluding carboxylic acids is 2. The normalized spacial score (nSPS) is 14.6. The fraction of sp³-hybridized carbons (Fsp3) is 0.190. The molecule has 1 aliphatic heterocycles. The van der Waals surface area contributed by atoms with E-state index in [1.54, 1.807) is 37.3 Å². The van der Waals surface area contributed by atoms with Gasteiger partial charge in [0.25, 0.3) is 16.8 Å². The van der Waals surface area contributed by atoms with Gasteiger partial charge in [0.1, 0.15) is 6.07 Å². The van der Waals surface area contributed by atoms with Gasteiger partial charge in [0.05, 0.1) is 23.0 Å². The van der Waals surface area contributed by atoms with Gasteiger partial charge in [-0.2, -0.15) is 5.26 Å². The van der Waals surface area contributed by atoms with Crippen LogP contribution >= 0.6 is 11.8 Å². The second-order valence-electron chi connectivity index (χ2n) is 6.24. The number of para-hydroxylation sites is 1. The molecule has 2 amide bonds. The number of hydrogen-bond donors (Lipinski definition) is 0. The molecule has 2 aromatic carbocycles. The molecule has 0 N–H and O–H groups in total. The Bertz CT molecular complexity index is 1110. The maximum absolute atomic E-state index is 12.8. The number of ether oxygens (including phenoxy) is 2. The van der Waals surface area contributed by atoms with Crippen LogP contribution in [0.1, 0.15) is 18.1 Å². The summed E-state index contributed by atoms with van der Waals surface area (Å²) in [6.07, 6.45) is 1.54. The van der Waals surface area contributed by atoms with Crippen molar-refractivity contribution in [3.8, 4) is 17.6 Å². The third kappa shape index (κ3) is 5.02. The van der Waals surface area contributed by atoms with Gasteiger partial charge in [-0.1, -0.05) is 24.3 Å². The molecule has 10 heteroatoms. The molecule has 3 rings (SSSR count). The van der Waals surface area contributed by atoms with Crippen LogP contribution in [-0.4, -0.2) is 34.2 Å². The Morgan fingerprint density at radius 3 is 2.68 bits per heavy atom. The molecule has 0 aliphatic carbocycles. The minimum Gasteiger partial charge on any atom is -0.490 e. The maximum Gasteiger partial charge on any atom is 0.293 e. The predicted octanol–water partition coefficient (Wildman–Crippen LogP) is 4.13. The van der Waals surface area contributed by atoms with Gasteiger partial charge < -0.3 is 9.47 Å². The number of nitriles is 1. The summed E-state index contributed by atoms with van der Waals surface area (Å²) in [6.45, 7) is 1.85. The average Bonchev–Trinajstić information content (AvgIpc) is 3.01. The van der Waals surface area contributed by atoms with Gasteiger partial charge in [-0.25, -0.2) is 0 Å². The van der Waals surface area contributed by atoms with Gasteiger partial charge >= 0.3 is 0 Å². The summed E-state index contributed by atoms with van der Waals surface area (Å²) < 4.78 is 10.8. The van der Waals surface area contributed by atoms with Crippen molar-refractivity contribution in [1.82, 2.24) is 4.90 Å². The summed E-state index contributed by atoms with van der Waals surface area (Å²) in [5.41, 5.74) is 0.720. The van der Waals surface area contributed by atoms with Crippen LogP contribution in [0.25, 0.3) is 6.08 Å². The highest BCUT2D eigenvalue weighted by Crippen LogP contribution is 2.36. The van der Waals surface area contributed by atoms with Gasteiger partial charge in [-0.3, -0.25) is 24.6 Å². The van der Waals surface area contributed by atoms with Crippen molar-refractivity contribution < 1.29 is 24.0 Å². The van der Waals surface area contributed by atoms with E-state index in [4.69, 9.17) is 14.7 Å². The number of nitrogens with zero attached hydrogens (tertiary/aromatic N) is 3. The van der Waals surface area contributed by atoms with Crippen molar-refractivity contribution >= 4 is 34.7 Å². The van der Waals surface area contributed by atoms with Crippen LogP contribution in [0, 0.1) is 21.4 Å². The van der Waals surface area contributed by atoms with Crippen molar-refractivity contribution in [2.75, 3.05) is 13.2 Å². The first kappa shape index (κ1) is 21.9. The molecule has 0 unspecified atom stereocenters. The van der Waals surface area contributed by atoms with Crippen LogP contribution in [0.3, 0.4) is 0 Å². The number of thioether (sulfide) groups is 1. The first-order valence-electron chi connectivity index (χ1n) is 9.18. The molecular formula is C21H17N3O6S. The number of nitro benzene ring substituents is 1. The molecule has 1 aliphatic rings. The Labute approximate surface area is 182 Å². The number of rotatable bonds is 8. The molecule has 0 saturated carbocycles. The van der Waals surface area contributed by atoms with E-state index in [1.165, 1.54) is 18.2 Å². The number of hydrogen-bond acceptors (Lipinski definition) is 8. The van der Waals surface area contributed by atoms with Gasteiger partial charge in [0.15, 0.2) is 18.1 Å². The second kappa shape index (κ2) is 9.77. The molecular weight excluding hydrogens is 422 g/mol. The Kier molecular flexibility index (Phi) is 6.89. The first-order chi connectivity index (χ1) is 14.9. The molecule has 1 saturated heterocycles. The lowest BCUT2D eigenvalue weighted by Crippen LogP contribution is -2.27. The van der Waals surface area contributed by atoms with Crippen molar-refractivity contribution in [3.63, 3.8) is 0 Å². The van der Waals surface area contributed by atoms with Crippen LogP contribution in [0.2, 0.25) is 0 Å². The third-order valence-electron chi connectivity index (χ3n) is 4.25. The quantitative estimate of drug-likeness (QED) is 0.342. The monoisotopic (exact) mass is 439 g/mol. The van der Waals surface area contributed by atoms with E-state index >= 15 is 0 Å². The SMILES string of the molecule is CCOc1cc(/C=C2/SC(=O)N(Cc3ccccc3[N+](=O)[O-])C2=O)ccc1OCC#N. The lowest BCUT2D eigenvalue weighted by Gasteiger charge is -2.12. The summed E-state index contributed by atoms with van der Waals surface area (Å²) in [5, 5.41) is 19.4. The van der Waals surface area contributed by atoms with Crippen molar-refractivity contribution in [1.29, 1.82) is 5.26 Å². The van der Waals surface area contributed by atoms with Crippen LogP contribution < -0.4 is 9.47 Å². The number of benzene rings is 2. The minimum atomic E-state index is -0.546. The number of nitro groups is 1. The van der Waals surface area contributed by atoms with E-state index in [0.29, 0.717) is 23.7 Å². The minimum absolute atomic E-state index is 0.135. The van der Waals surface area contributed by atoms with Gasteiger partial charge in [-0.05, 0) is 42.5 Å². The Morgan fingerprint density at radius 2 is 1.97 bits per heavy atom. The smallest absolute Gasteiger partial charge is 0.293 e. The number of amides is 2. The molecule has 9 nitrogen and oxygen atoms in total. The fourth-order valence-electron chi connectivity index (χ4n) is 2.89. The fourth-order valence-corrected chi connectivity index (χ4v) is 3.73. The molecule has 0 atom stereocenters. The molecule has 158 valence electrons. The zero-order valence-corrected chi connectivity index (χ0v) is 17.3. The highest BCUT2D eigenvalue weighted by Gasteiger charge is 2.36. The third-order valence-corrected chi connectivity index (χ3v) is 5.16. The summed E-state index contributed by atoms with van der Waals surface area (Å²) in [7, 11) is 0. The summed E-state index contributed by atoms with van der Waals surface area (Å²) >= 11 is 0.761. The molecule has 2 aromatic rings. The molecule has 31 heavy (non-hydrogen) atoms. The molecule has 0 radical (unpaired) electrons. The summed E-state index contributed by atoms with van der Waals surface area (Å²) in [4.78, 5) is 37.0. The van der Waals surface area contributed by atoms with E-state index in [9.17, 15) is 19.7 Å². The maximum atomic E-state index is 12.8. The lowest BCUT2D eigenvalue weighted by molar-refractivity contribution is -0.385. The van der Waals surface area contributed by atoms with Crippen LogP contribution in [0.5, 0.6) is 11.5 Å². The average molecular weight is 439 g/mol. The van der Waals surface area contributed by atoms with E-state index in [1.807, 2.05) is 6.07 Å². The largest absolute Gasteiger partial charge is 0.490 e. The molecule has 1 fully saturated rings. The standard InChI is InChI=1S/C21H17N3O6S/c1-2-29-18-11-14(7-8-17(18)30-10-9-22)12-19-20(25)23(21(26)31-19)13-15-5-3-4-6-16(15)24(27)28/h3-8,11-12H,2,10,13H2,1H3/b19-12+. The van der Waals surface area contributed by atoms with Crippen molar-refractivity contribution in [2.45, 2.75) is 13.5 Å². The highest BCUT2D eigenvalue weighted by molar-refractivity contribution is 8.18. The van der Waals surface area contributed by atoms with E-state index in [-0.39, 0.29) is 29.3 Å². The molecule has 0 spiro atoms. The topological polar surface area (TPSA) is 123 Å².